The average Bonchev–Trinajstić information content (AvgIpc) is 3.50. The van der Waals surface area contributed by atoms with Gasteiger partial charge in [-0.1, -0.05) is 35.0 Å². The Labute approximate surface area is 281 Å². The van der Waals surface area contributed by atoms with Crippen LogP contribution in [0, 0.1) is 0 Å². The standard InChI is InChI=1S/C32H27ClF3N7O6/c33-24-9-7-18(14-23(24)32(34,35)36)16-37-40-29(45)22-15-21(42-11-2-1-3-12-42)8-10-25(22)38-28(44)20-6-4-5-19(13-20)17-43-27(31(48)49)26(30(46)47)39-41-43/h4-10,13-16H,1-3,11-12,17H2,(H,38,44)(H,40,45)(H,46,47)(H,48,49). The smallest absolute Gasteiger partial charge is 0.417 e. The molecule has 17 heteroatoms. The Bertz CT molecular complexity index is 1960. The molecule has 1 aliphatic heterocycles. The number of amides is 2. The lowest BCUT2D eigenvalue weighted by Gasteiger charge is -2.29. The van der Waals surface area contributed by atoms with E-state index >= 15 is 0 Å². The van der Waals surface area contributed by atoms with Crippen LogP contribution >= 0.6 is 11.6 Å². The minimum absolute atomic E-state index is 0.0340. The first-order chi connectivity index (χ1) is 23.3. The molecular weight excluding hydrogens is 671 g/mol. The number of rotatable bonds is 10. The second-order valence-corrected chi connectivity index (χ2v) is 11.3. The van der Waals surface area contributed by atoms with Crippen molar-refractivity contribution in [2.75, 3.05) is 23.3 Å². The highest BCUT2D eigenvalue weighted by atomic mass is 35.5. The van der Waals surface area contributed by atoms with Crippen molar-refractivity contribution in [3.8, 4) is 0 Å². The van der Waals surface area contributed by atoms with E-state index < -0.39 is 51.9 Å². The number of nitrogens with one attached hydrogen (secondary N) is 2. The van der Waals surface area contributed by atoms with Crippen molar-refractivity contribution < 1.29 is 42.6 Å². The molecule has 1 saturated heterocycles. The Hall–Kier alpha value is -5.77. The highest BCUT2D eigenvalue weighted by molar-refractivity contribution is 6.31. The van der Waals surface area contributed by atoms with E-state index in [4.69, 9.17) is 11.6 Å². The number of piperidine rings is 1. The van der Waals surface area contributed by atoms with E-state index in [0.717, 1.165) is 61.1 Å². The van der Waals surface area contributed by atoms with Crippen molar-refractivity contribution >= 4 is 52.9 Å². The van der Waals surface area contributed by atoms with Crippen LogP contribution in [0.1, 0.15) is 77.6 Å². The normalized spacial score (nSPS) is 13.3. The number of carbonyl (C=O) groups is 4. The largest absolute Gasteiger partial charge is 0.476 e. The predicted octanol–water partition coefficient (Wildman–Crippen LogP) is 5.40. The molecule has 1 fully saturated rings. The van der Waals surface area contributed by atoms with Crippen molar-refractivity contribution in [2.24, 2.45) is 5.10 Å². The molecule has 0 unspecified atom stereocenters. The molecule has 2 heterocycles. The lowest BCUT2D eigenvalue weighted by molar-refractivity contribution is -0.137. The molecule has 1 aliphatic rings. The van der Waals surface area contributed by atoms with E-state index in [1.165, 1.54) is 24.3 Å². The number of aromatic nitrogens is 3. The zero-order chi connectivity index (χ0) is 35.3. The molecule has 0 saturated carbocycles. The second kappa shape index (κ2) is 14.6. The van der Waals surface area contributed by atoms with E-state index in [1.807, 2.05) is 0 Å². The second-order valence-electron chi connectivity index (χ2n) is 10.9. The summed E-state index contributed by atoms with van der Waals surface area (Å²) in [6, 6.07) is 14.1. The van der Waals surface area contributed by atoms with Gasteiger partial charge >= 0.3 is 18.1 Å². The van der Waals surface area contributed by atoms with Crippen LogP contribution < -0.4 is 15.6 Å². The summed E-state index contributed by atoms with van der Waals surface area (Å²) in [7, 11) is 0. The summed E-state index contributed by atoms with van der Waals surface area (Å²) in [4.78, 5) is 51.9. The van der Waals surface area contributed by atoms with Gasteiger partial charge in [0.1, 0.15) is 0 Å². The van der Waals surface area contributed by atoms with Crippen LogP contribution in [0.2, 0.25) is 5.02 Å². The average molecular weight is 698 g/mol. The minimum atomic E-state index is -4.69. The van der Waals surface area contributed by atoms with E-state index in [1.54, 1.807) is 24.3 Å². The third-order valence-electron chi connectivity index (χ3n) is 7.55. The molecule has 4 N–H and O–H groups in total. The summed E-state index contributed by atoms with van der Waals surface area (Å²) in [5, 5.41) is 31.8. The lowest BCUT2D eigenvalue weighted by Crippen LogP contribution is -2.30. The fourth-order valence-corrected chi connectivity index (χ4v) is 5.43. The quantitative estimate of drug-likeness (QED) is 0.125. The fourth-order valence-electron chi connectivity index (χ4n) is 5.20. The Morgan fingerprint density at radius 1 is 0.939 bits per heavy atom. The molecule has 13 nitrogen and oxygen atoms in total. The first-order valence-corrected chi connectivity index (χ1v) is 15.1. The van der Waals surface area contributed by atoms with Gasteiger partial charge in [0, 0.05) is 24.3 Å². The maximum absolute atomic E-state index is 13.4. The van der Waals surface area contributed by atoms with Gasteiger partial charge in [0.05, 0.1) is 34.6 Å². The molecule has 0 atom stereocenters. The third kappa shape index (κ3) is 8.21. The molecule has 0 spiro atoms. The Morgan fingerprint density at radius 2 is 1.69 bits per heavy atom. The van der Waals surface area contributed by atoms with Crippen LogP contribution in [0.15, 0.2) is 65.8 Å². The molecular formula is C32H27ClF3N7O6. The number of anilines is 2. The van der Waals surface area contributed by atoms with Gasteiger partial charge in [0.25, 0.3) is 11.8 Å². The zero-order valence-electron chi connectivity index (χ0n) is 25.4. The molecule has 49 heavy (non-hydrogen) atoms. The number of hydrogen-bond donors (Lipinski definition) is 4. The highest BCUT2D eigenvalue weighted by Gasteiger charge is 2.33. The van der Waals surface area contributed by atoms with Crippen molar-refractivity contribution in [3.63, 3.8) is 0 Å². The Kier molecular flexibility index (Phi) is 10.3. The Balaban J connectivity index is 1.38. The predicted molar refractivity (Wildman–Crippen MR) is 171 cm³/mol. The molecule has 0 bridgehead atoms. The first-order valence-electron chi connectivity index (χ1n) is 14.7. The van der Waals surface area contributed by atoms with Crippen LogP contribution in [-0.4, -0.2) is 68.3 Å². The lowest BCUT2D eigenvalue weighted by atomic mass is 10.1. The molecule has 3 aromatic carbocycles. The SMILES string of the molecule is O=C(Nc1ccc(N2CCCCC2)cc1C(=O)NN=Cc1ccc(Cl)c(C(F)(F)F)c1)c1cccc(Cn2nnc(C(=O)O)c2C(=O)O)c1. The molecule has 254 valence electrons. The van der Waals surface area contributed by atoms with Crippen molar-refractivity contribution in [1.29, 1.82) is 0 Å². The summed E-state index contributed by atoms with van der Waals surface area (Å²) in [6.45, 7) is 1.32. The molecule has 5 rings (SSSR count). The summed E-state index contributed by atoms with van der Waals surface area (Å²) < 4.78 is 40.7. The molecule has 0 radical (unpaired) electrons. The summed E-state index contributed by atoms with van der Waals surface area (Å²) in [5.74, 6) is -4.48. The number of aromatic carboxylic acids is 2. The highest BCUT2D eigenvalue weighted by Crippen LogP contribution is 2.35. The zero-order valence-corrected chi connectivity index (χ0v) is 26.1. The number of hydrogen-bond acceptors (Lipinski definition) is 8. The summed E-state index contributed by atoms with van der Waals surface area (Å²) >= 11 is 5.68. The minimum Gasteiger partial charge on any atom is -0.476 e. The van der Waals surface area contributed by atoms with E-state index in [0.29, 0.717) is 5.56 Å². The van der Waals surface area contributed by atoms with Gasteiger partial charge in [0.15, 0.2) is 5.69 Å². The molecule has 2 amide bonds. The summed E-state index contributed by atoms with van der Waals surface area (Å²) in [6.07, 6.45) is -0.662. The first kappa shape index (κ1) is 34.6. The van der Waals surface area contributed by atoms with Gasteiger partial charge in [-0.3, -0.25) is 9.59 Å². The number of hydrazone groups is 1. The van der Waals surface area contributed by atoms with Crippen LogP contribution in [-0.2, 0) is 12.7 Å². The van der Waals surface area contributed by atoms with Gasteiger partial charge in [-0.15, -0.1) is 5.10 Å². The number of alkyl halides is 3. The topological polar surface area (TPSA) is 179 Å². The maximum atomic E-state index is 13.4. The van der Waals surface area contributed by atoms with E-state index in [9.17, 15) is 42.6 Å². The van der Waals surface area contributed by atoms with Gasteiger partial charge in [-0.05, 0) is 72.9 Å². The Morgan fingerprint density at radius 3 is 2.39 bits per heavy atom. The molecule has 0 aliphatic carbocycles. The van der Waals surface area contributed by atoms with Gasteiger partial charge < -0.3 is 20.4 Å². The fraction of sp³-hybridized carbons (Fsp3) is 0.219. The molecule has 4 aromatic rings. The number of carboxylic acid groups (broad SMARTS) is 2. The van der Waals surface area contributed by atoms with Crippen LogP contribution in [0.4, 0.5) is 24.5 Å². The van der Waals surface area contributed by atoms with Crippen molar-refractivity contribution in [3.05, 3.63) is 105 Å². The van der Waals surface area contributed by atoms with Gasteiger partial charge in [-0.2, -0.15) is 18.3 Å². The number of halogens is 4. The van der Waals surface area contributed by atoms with Crippen molar-refractivity contribution in [1.82, 2.24) is 20.4 Å². The van der Waals surface area contributed by atoms with Crippen molar-refractivity contribution in [2.45, 2.75) is 32.0 Å². The molecule has 1 aromatic heterocycles. The van der Waals surface area contributed by atoms with Crippen LogP contribution in [0.25, 0.3) is 0 Å². The third-order valence-corrected chi connectivity index (χ3v) is 7.88. The maximum Gasteiger partial charge on any atom is 0.417 e. The monoisotopic (exact) mass is 697 g/mol. The number of carboxylic acids is 2. The summed E-state index contributed by atoms with van der Waals surface area (Å²) in [5.41, 5.74) is 1.33. The van der Waals surface area contributed by atoms with Gasteiger partial charge in [0.2, 0.25) is 5.69 Å². The van der Waals surface area contributed by atoms with E-state index in [2.05, 4.69) is 31.1 Å². The number of carbonyl (C=O) groups excluding carboxylic acids is 2. The van der Waals surface area contributed by atoms with Crippen LogP contribution in [0.5, 0.6) is 0 Å². The van der Waals surface area contributed by atoms with Gasteiger partial charge in [-0.25, -0.2) is 19.7 Å². The van der Waals surface area contributed by atoms with Crippen LogP contribution in [0.3, 0.4) is 0 Å². The van der Waals surface area contributed by atoms with E-state index in [-0.39, 0.29) is 28.9 Å². The number of nitrogens with zero attached hydrogens (tertiary/aromatic N) is 5. The number of benzene rings is 3.